The molecule has 3 nitrogen and oxygen atoms in total. The quantitative estimate of drug-likeness (QED) is 0.679. The van der Waals surface area contributed by atoms with E-state index >= 15 is 0 Å². The van der Waals surface area contributed by atoms with Crippen LogP contribution in [-0.4, -0.2) is 9.55 Å². The molecule has 0 bridgehead atoms. The summed E-state index contributed by atoms with van der Waals surface area (Å²) in [6.07, 6.45) is 5.76. The van der Waals surface area contributed by atoms with Gasteiger partial charge in [0.15, 0.2) is 0 Å². The van der Waals surface area contributed by atoms with Gasteiger partial charge in [0.1, 0.15) is 0 Å². The summed E-state index contributed by atoms with van der Waals surface area (Å²) in [7, 11) is 0. The highest BCUT2D eigenvalue weighted by atomic mass is 15.0. The minimum absolute atomic E-state index is 0.802. The van der Waals surface area contributed by atoms with Gasteiger partial charge in [-0.25, -0.2) is 0 Å². The van der Waals surface area contributed by atoms with Crippen LogP contribution in [0.5, 0.6) is 0 Å². The van der Waals surface area contributed by atoms with Gasteiger partial charge in [-0.3, -0.25) is 4.98 Å². The summed E-state index contributed by atoms with van der Waals surface area (Å²) in [5, 5.41) is 1.17. The van der Waals surface area contributed by atoms with Crippen molar-refractivity contribution in [2.24, 2.45) is 0 Å². The van der Waals surface area contributed by atoms with Gasteiger partial charge in [0, 0.05) is 41.7 Å². The SMILES string of the molecule is Nc1ccc2c(ccn2Cc2cccnc2)c1. The van der Waals surface area contributed by atoms with Crippen LogP contribution in [0.25, 0.3) is 10.9 Å². The number of anilines is 1. The molecule has 2 aromatic heterocycles. The Bertz CT molecular complexity index is 641. The predicted octanol–water partition coefficient (Wildman–Crippen LogP) is 2.67. The first-order chi connectivity index (χ1) is 8.33. The standard InChI is InChI=1S/C14H13N3/c15-13-3-4-14-12(8-13)5-7-17(14)10-11-2-1-6-16-9-11/h1-9H,10,15H2. The van der Waals surface area contributed by atoms with Gasteiger partial charge in [-0.05, 0) is 35.9 Å². The fraction of sp³-hybridized carbons (Fsp3) is 0.0714. The minimum atomic E-state index is 0.802. The molecule has 3 rings (SSSR count). The van der Waals surface area contributed by atoms with Crippen LogP contribution in [0, 0.1) is 0 Å². The summed E-state index contributed by atoms with van der Waals surface area (Å²) in [5.74, 6) is 0. The van der Waals surface area contributed by atoms with Gasteiger partial charge in [0.2, 0.25) is 0 Å². The second-order valence-electron chi connectivity index (χ2n) is 4.12. The predicted molar refractivity (Wildman–Crippen MR) is 69.7 cm³/mol. The maximum absolute atomic E-state index is 5.77. The smallest absolute Gasteiger partial charge is 0.0491 e. The van der Waals surface area contributed by atoms with Crippen molar-refractivity contribution in [2.75, 3.05) is 5.73 Å². The Hall–Kier alpha value is -2.29. The van der Waals surface area contributed by atoms with Crippen LogP contribution < -0.4 is 5.73 Å². The topological polar surface area (TPSA) is 43.8 Å². The fourth-order valence-electron chi connectivity index (χ4n) is 2.04. The van der Waals surface area contributed by atoms with Crippen molar-refractivity contribution in [3.05, 3.63) is 60.6 Å². The third kappa shape index (κ3) is 1.87. The molecular formula is C14H13N3. The van der Waals surface area contributed by atoms with Crippen molar-refractivity contribution < 1.29 is 0 Å². The lowest BCUT2D eigenvalue weighted by Crippen LogP contribution is -1.98. The molecule has 0 saturated carbocycles. The molecule has 3 aromatic rings. The van der Waals surface area contributed by atoms with E-state index < -0.39 is 0 Å². The van der Waals surface area contributed by atoms with Crippen molar-refractivity contribution >= 4 is 16.6 Å². The van der Waals surface area contributed by atoms with Crippen LogP contribution in [0.4, 0.5) is 5.69 Å². The first-order valence-corrected chi connectivity index (χ1v) is 5.56. The van der Waals surface area contributed by atoms with Crippen molar-refractivity contribution in [2.45, 2.75) is 6.54 Å². The van der Waals surface area contributed by atoms with Crippen molar-refractivity contribution in [1.29, 1.82) is 0 Å². The lowest BCUT2D eigenvalue weighted by Gasteiger charge is -2.05. The number of nitrogen functional groups attached to an aromatic ring is 1. The fourth-order valence-corrected chi connectivity index (χ4v) is 2.04. The molecule has 0 aliphatic rings. The largest absolute Gasteiger partial charge is 0.399 e. The average molecular weight is 223 g/mol. The molecule has 0 amide bonds. The van der Waals surface area contributed by atoms with Gasteiger partial charge in [-0.2, -0.15) is 0 Å². The molecular weight excluding hydrogens is 210 g/mol. The van der Waals surface area contributed by atoms with E-state index in [1.807, 2.05) is 24.4 Å². The molecule has 1 aromatic carbocycles. The molecule has 84 valence electrons. The maximum atomic E-state index is 5.77. The Kier molecular flexibility index (Phi) is 2.29. The van der Waals surface area contributed by atoms with Gasteiger partial charge >= 0.3 is 0 Å². The van der Waals surface area contributed by atoms with Crippen molar-refractivity contribution in [3.63, 3.8) is 0 Å². The average Bonchev–Trinajstić information content (AvgIpc) is 2.73. The zero-order valence-corrected chi connectivity index (χ0v) is 9.38. The monoisotopic (exact) mass is 223 g/mol. The molecule has 0 atom stereocenters. The second kappa shape index (κ2) is 3.94. The third-order valence-corrected chi connectivity index (χ3v) is 2.87. The van der Waals surface area contributed by atoms with E-state index in [9.17, 15) is 0 Å². The Morgan fingerprint density at radius 1 is 1.18 bits per heavy atom. The molecule has 3 heteroatoms. The van der Waals surface area contributed by atoms with Crippen LogP contribution in [0.15, 0.2) is 55.0 Å². The normalized spacial score (nSPS) is 10.8. The van der Waals surface area contributed by atoms with Crippen LogP contribution in [-0.2, 0) is 6.54 Å². The molecule has 0 fully saturated rings. The molecule has 0 unspecified atom stereocenters. The van der Waals surface area contributed by atoms with E-state index in [0.717, 1.165) is 12.2 Å². The summed E-state index contributed by atoms with van der Waals surface area (Å²) in [5.41, 5.74) is 8.96. The van der Waals surface area contributed by atoms with Gasteiger partial charge in [-0.15, -0.1) is 0 Å². The Labute approximate surface area is 99.5 Å². The van der Waals surface area contributed by atoms with Crippen LogP contribution in [0.3, 0.4) is 0 Å². The van der Waals surface area contributed by atoms with E-state index in [-0.39, 0.29) is 0 Å². The lowest BCUT2D eigenvalue weighted by molar-refractivity contribution is 0.832. The third-order valence-electron chi connectivity index (χ3n) is 2.87. The number of pyridine rings is 1. The highest BCUT2D eigenvalue weighted by Gasteiger charge is 2.01. The van der Waals surface area contributed by atoms with Gasteiger partial charge in [0.25, 0.3) is 0 Å². The molecule has 2 N–H and O–H groups in total. The number of hydrogen-bond donors (Lipinski definition) is 1. The maximum Gasteiger partial charge on any atom is 0.0491 e. The molecule has 0 saturated heterocycles. The molecule has 0 aliphatic carbocycles. The number of benzene rings is 1. The second-order valence-corrected chi connectivity index (χ2v) is 4.12. The van der Waals surface area contributed by atoms with E-state index in [1.54, 1.807) is 6.20 Å². The van der Waals surface area contributed by atoms with Crippen LogP contribution in [0.1, 0.15) is 5.56 Å². The van der Waals surface area contributed by atoms with E-state index in [0.29, 0.717) is 0 Å². The van der Waals surface area contributed by atoms with Gasteiger partial charge in [-0.1, -0.05) is 6.07 Å². The summed E-state index contributed by atoms with van der Waals surface area (Å²) >= 11 is 0. The molecule has 17 heavy (non-hydrogen) atoms. The van der Waals surface area contributed by atoms with E-state index in [1.165, 1.54) is 16.5 Å². The first-order valence-electron chi connectivity index (χ1n) is 5.56. The minimum Gasteiger partial charge on any atom is -0.399 e. The number of rotatable bonds is 2. The number of hydrogen-bond acceptors (Lipinski definition) is 2. The van der Waals surface area contributed by atoms with Crippen LogP contribution >= 0.6 is 0 Å². The number of nitrogens with two attached hydrogens (primary N) is 1. The Morgan fingerprint density at radius 2 is 2.12 bits per heavy atom. The van der Waals surface area contributed by atoms with E-state index in [4.69, 9.17) is 5.73 Å². The lowest BCUT2D eigenvalue weighted by atomic mass is 10.2. The molecule has 0 radical (unpaired) electrons. The molecule has 2 heterocycles. The Balaban J connectivity index is 2.01. The molecule has 0 spiro atoms. The van der Waals surface area contributed by atoms with Crippen molar-refractivity contribution in [3.8, 4) is 0 Å². The zero-order valence-electron chi connectivity index (χ0n) is 9.38. The summed E-state index contributed by atoms with van der Waals surface area (Å²) in [6.45, 7) is 0.835. The van der Waals surface area contributed by atoms with Gasteiger partial charge in [0.05, 0.1) is 0 Å². The zero-order chi connectivity index (χ0) is 11.7. The highest BCUT2D eigenvalue weighted by Crippen LogP contribution is 2.19. The number of fused-ring (bicyclic) bond motifs is 1. The summed E-state index contributed by atoms with van der Waals surface area (Å²) in [6, 6.07) is 12.1. The molecule has 0 aliphatic heterocycles. The first kappa shape index (κ1) is 9.90. The van der Waals surface area contributed by atoms with E-state index in [2.05, 4.69) is 33.9 Å². The number of aromatic nitrogens is 2. The summed E-state index contributed by atoms with van der Waals surface area (Å²) < 4.78 is 2.20. The summed E-state index contributed by atoms with van der Waals surface area (Å²) in [4.78, 5) is 4.13. The van der Waals surface area contributed by atoms with Gasteiger partial charge < -0.3 is 10.3 Å². The Morgan fingerprint density at radius 3 is 2.94 bits per heavy atom. The highest BCUT2D eigenvalue weighted by molar-refractivity contribution is 5.83. The number of nitrogens with zero attached hydrogens (tertiary/aromatic N) is 2. The van der Waals surface area contributed by atoms with Crippen molar-refractivity contribution in [1.82, 2.24) is 9.55 Å². The van der Waals surface area contributed by atoms with Crippen LogP contribution in [0.2, 0.25) is 0 Å².